The number of carbonyl (C=O) groups is 2. The van der Waals surface area contributed by atoms with E-state index in [0.29, 0.717) is 12.3 Å². The molecule has 0 saturated carbocycles. The van der Waals surface area contributed by atoms with E-state index in [2.05, 4.69) is 10.5 Å². The Balaban J connectivity index is 2.02. The fourth-order valence-electron chi connectivity index (χ4n) is 2.46. The summed E-state index contributed by atoms with van der Waals surface area (Å²) in [5.41, 5.74) is 3.19. The van der Waals surface area contributed by atoms with Crippen LogP contribution in [0.25, 0.3) is 0 Å². The van der Waals surface area contributed by atoms with Gasteiger partial charge in [0.05, 0.1) is 24.2 Å². The van der Waals surface area contributed by atoms with Crippen molar-refractivity contribution in [2.45, 2.75) is 19.4 Å². The third kappa shape index (κ3) is 3.58. The van der Waals surface area contributed by atoms with Crippen LogP contribution in [0.2, 0.25) is 0 Å². The van der Waals surface area contributed by atoms with E-state index in [-0.39, 0.29) is 36.2 Å². The van der Waals surface area contributed by atoms with Crippen molar-refractivity contribution in [1.82, 2.24) is 10.3 Å². The standard InChI is InChI=1S/C15H21N3O3/c1-10(21-3)9-18(2)14(19)8-13-11-6-4-5-7-12(11)15(20)17-16-13/h4-7,10-12H,8-9H2,1-3H3,(H,17,20). The smallest absolute Gasteiger partial charge is 0.247 e. The highest BCUT2D eigenvalue weighted by atomic mass is 16.5. The minimum absolute atomic E-state index is 0.0165. The first-order valence-corrected chi connectivity index (χ1v) is 7.01. The number of nitrogens with zero attached hydrogens (tertiary/aromatic N) is 2. The maximum absolute atomic E-state index is 12.3. The lowest BCUT2D eigenvalue weighted by Gasteiger charge is -2.29. The molecule has 0 spiro atoms. The number of amides is 2. The first-order valence-electron chi connectivity index (χ1n) is 7.01. The minimum Gasteiger partial charge on any atom is -0.380 e. The zero-order valence-corrected chi connectivity index (χ0v) is 12.6. The van der Waals surface area contributed by atoms with Crippen LogP contribution < -0.4 is 5.43 Å². The van der Waals surface area contributed by atoms with Crippen LogP contribution in [0.4, 0.5) is 0 Å². The third-order valence-corrected chi connectivity index (χ3v) is 3.82. The van der Waals surface area contributed by atoms with E-state index < -0.39 is 0 Å². The fraction of sp³-hybridized carbons (Fsp3) is 0.533. The summed E-state index contributed by atoms with van der Waals surface area (Å²) in [5.74, 6) is -0.548. The van der Waals surface area contributed by atoms with Gasteiger partial charge in [-0.2, -0.15) is 5.10 Å². The summed E-state index contributed by atoms with van der Waals surface area (Å²) in [7, 11) is 3.36. The van der Waals surface area contributed by atoms with Crippen LogP contribution >= 0.6 is 0 Å². The zero-order valence-electron chi connectivity index (χ0n) is 12.6. The topological polar surface area (TPSA) is 71.0 Å². The molecule has 0 saturated heterocycles. The molecule has 0 radical (unpaired) electrons. The molecule has 2 aliphatic rings. The molecule has 6 heteroatoms. The fourth-order valence-corrected chi connectivity index (χ4v) is 2.46. The predicted octanol–water partition coefficient (Wildman–Crippen LogP) is 0.714. The van der Waals surface area contributed by atoms with Gasteiger partial charge in [-0.15, -0.1) is 0 Å². The summed E-state index contributed by atoms with van der Waals surface area (Å²) < 4.78 is 5.16. The monoisotopic (exact) mass is 291 g/mol. The molecule has 21 heavy (non-hydrogen) atoms. The van der Waals surface area contributed by atoms with Gasteiger partial charge < -0.3 is 9.64 Å². The second kappa shape index (κ2) is 6.67. The second-order valence-electron chi connectivity index (χ2n) is 5.40. The highest BCUT2D eigenvalue weighted by Crippen LogP contribution is 2.25. The molecule has 114 valence electrons. The predicted molar refractivity (Wildman–Crippen MR) is 79.6 cm³/mol. The first kappa shape index (κ1) is 15.4. The van der Waals surface area contributed by atoms with Gasteiger partial charge in [0, 0.05) is 26.6 Å². The van der Waals surface area contributed by atoms with Crippen molar-refractivity contribution in [3.8, 4) is 0 Å². The van der Waals surface area contributed by atoms with Crippen molar-refractivity contribution in [1.29, 1.82) is 0 Å². The van der Waals surface area contributed by atoms with Crippen molar-refractivity contribution in [2.75, 3.05) is 20.7 Å². The molecule has 1 N–H and O–H groups in total. The molecular weight excluding hydrogens is 270 g/mol. The van der Waals surface area contributed by atoms with Crippen LogP contribution in [0.1, 0.15) is 13.3 Å². The van der Waals surface area contributed by atoms with Crippen LogP contribution in [0, 0.1) is 11.8 Å². The zero-order chi connectivity index (χ0) is 15.4. The molecule has 0 aromatic rings. The maximum Gasteiger partial charge on any atom is 0.247 e. The van der Waals surface area contributed by atoms with Gasteiger partial charge in [0.15, 0.2) is 0 Å². The second-order valence-corrected chi connectivity index (χ2v) is 5.40. The Morgan fingerprint density at radius 3 is 2.76 bits per heavy atom. The molecule has 0 aromatic heterocycles. The van der Waals surface area contributed by atoms with Gasteiger partial charge in [-0.3, -0.25) is 9.59 Å². The Morgan fingerprint density at radius 2 is 2.10 bits per heavy atom. The number of nitrogens with one attached hydrogen (secondary N) is 1. The molecule has 3 unspecified atom stereocenters. The Morgan fingerprint density at radius 1 is 1.43 bits per heavy atom. The summed E-state index contributed by atoms with van der Waals surface area (Å²) in [6, 6.07) is 0. The molecule has 1 heterocycles. The molecule has 0 aromatic carbocycles. The minimum atomic E-state index is -0.265. The lowest BCUT2D eigenvalue weighted by molar-refractivity contribution is -0.130. The summed E-state index contributed by atoms with van der Waals surface area (Å²) in [5, 5.41) is 4.07. The Kier molecular flexibility index (Phi) is 4.90. The van der Waals surface area contributed by atoms with E-state index >= 15 is 0 Å². The molecule has 2 amide bonds. The van der Waals surface area contributed by atoms with E-state index in [0.717, 1.165) is 0 Å². The van der Waals surface area contributed by atoms with Crippen molar-refractivity contribution in [3.63, 3.8) is 0 Å². The first-order chi connectivity index (χ1) is 10.0. The van der Waals surface area contributed by atoms with Crippen molar-refractivity contribution >= 4 is 17.5 Å². The molecule has 1 aliphatic heterocycles. The summed E-state index contributed by atoms with van der Waals surface area (Å²) in [4.78, 5) is 25.6. The van der Waals surface area contributed by atoms with Crippen LogP contribution in [-0.4, -0.2) is 49.2 Å². The number of carbonyl (C=O) groups excluding carboxylic acids is 2. The number of hydrogen-bond donors (Lipinski definition) is 1. The summed E-state index contributed by atoms with van der Waals surface area (Å²) >= 11 is 0. The molecular formula is C15H21N3O3. The number of hydrazone groups is 1. The van der Waals surface area contributed by atoms with Crippen LogP contribution in [0.15, 0.2) is 29.4 Å². The summed E-state index contributed by atoms with van der Waals surface area (Å²) in [6.07, 6.45) is 7.68. The van der Waals surface area contributed by atoms with Crippen molar-refractivity contribution in [2.24, 2.45) is 16.9 Å². The van der Waals surface area contributed by atoms with Gasteiger partial charge >= 0.3 is 0 Å². The average molecular weight is 291 g/mol. The van der Waals surface area contributed by atoms with Gasteiger partial charge in [0.25, 0.3) is 0 Å². The SMILES string of the molecule is COC(C)CN(C)C(=O)CC1=NNC(=O)C2C=CC=CC12. The quantitative estimate of drug-likeness (QED) is 0.811. The van der Waals surface area contributed by atoms with E-state index in [1.54, 1.807) is 19.1 Å². The molecule has 0 bridgehead atoms. The average Bonchev–Trinajstić information content (AvgIpc) is 2.50. The van der Waals surface area contributed by atoms with E-state index in [1.807, 2.05) is 31.2 Å². The highest BCUT2D eigenvalue weighted by Gasteiger charge is 2.34. The van der Waals surface area contributed by atoms with Gasteiger partial charge in [0.2, 0.25) is 11.8 Å². The van der Waals surface area contributed by atoms with Crippen molar-refractivity contribution < 1.29 is 14.3 Å². The van der Waals surface area contributed by atoms with Crippen LogP contribution in [0.5, 0.6) is 0 Å². The molecule has 3 atom stereocenters. The number of hydrogen-bond acceptors (Lipinski definition) is 4. The number of methoxy groups -OCH3 is 1. The van der Waals surface area contributed by atoms with E-state index in [1.165, 1.54) is 0 Å². The molecule has 1 aliphatic carbocycles. The number of likely N-dealkylation sites (N-methyl/N-ethyl adjacent to an activating group) is 1. The third-order valence-electron chi connectivity index (χ3n) is 3.82. The van der Waals surface area contributed by atoms with Gasteiger partial charge in [-0.25, -0.2) is 5.43 Å². The van der Waals surface area contributed by atoms with Gasteiger partial charge in [-0.05, 0) is 6.92 Å². The van der Waals surface area contributed by atoms with Crippen molar-refractivity contribution in [3.05, 3.63) is 24.3 Å². The lowest BCUT2D eigenvalue weighted by atomic mass is 9.82. The normalized spacial score (nSPS) is 24.9. The van der Waals surface area contributed by atoms with Gasteiger partial charge in [0.1, 0.15) is 0 Å². The van der Waals surface area contributed by atoms with Crippen LogP contribution in [-0.2, 0) is 14.3 Å². The number of allylic oxidation sites excluding steroid dienone is 3. The number of rotatable bonds is 5. The Labute approximate surface area is 124 Å². The highest BCUT2D eigenvalue weighted by molar-refractivity contribution is 6.06. The maximum atomic E-state index is 12.3. The lowest BCUT2D eigenvalue weighted by Crippen LogP contribution is -2.43. The molecule has 0 fully saturated rings. The molecule has 2 rings (SSSR count). The largest absolute Gasteiger partial charge is 0.380 e. The number of fused-ring (bicyclic) bond motifs is 1. The Hall–Kier alpha value is -1.95. The number of ether oxygens (including phenoxy) is 1. The summed E-state index contributed by atoms with van der Waals surface area (Å²) in [6.45, 7) is 2.44. The van der Waals surface area contributed by atoms with E-state index in [9.17, 15) is 9.59 Å². The molecule has 6 nitrogen and oxygen atoms in total. The van der Waals surface area contributed by atoms with Gasteiger partial charge in [-0.1, -0.05) is 24.3 Å². The van der Waals surface area contributed by atoms with Crippen LogP contribution in [0.3, 0.4) is 0 Å². The van der Waals surface area contributed by atoms with E-state index in [4.69, 9.17) is 4.74 Å². The Bertz CT molecular complexity index is 510.